The summed E-state index contributed by atoms with van der Waals surface area (Å²) in [6.45, 7) is 0.725. The van der Waals surface area contributed by atoms with Gasteiger partial charge >= 0.3 is 0 Å². The van der Waals surface area contributed by atoms with Crippen LogP contribution in [-0.2, 0) is 19.4 Å². The normalized spacial score (nSPS) is 13.1. The van der Waals surface area contributed by atoms with Gasteiger partial charge in [0.2, 0.25) is 0 Å². The number of hydrogen-bond acceptors (Lipinski definition) is 3. The number of para-hydroxylation sites is 1. The number of amides is 1. The fourth-order valence-electron chi connectivity index (χ4n) is 4.96. The summed E-state index contributed by atoms with van der Waals surface area (Å²) in [5.74, 6) is -0.128. The number of hydrogen-bond donors (Lipinski definition) is 0. The first kappa shape index (κ1) is 23.7. The molecule has 0 unspecified atom stereocenters. The van der Waals surface area contributed by atoms with Crippen molar-refractivity contribution in [1.29, 1.82) is 0 Å². The summed E-state index contributed by atoms with van der Waals surface area (Å²) >= 11 is 9.62. The van der Waals surface area contributed by atoms with Gasteiger partial charge in [-0.1, -0.05) is 60.1 Å². The third-order valence-corrected chi connectivity index (χ3v) is 8.00. The lowest BCUT2D eigenvalue weighted by Gasteiger charge is -2.29. The van der Waals surface area contributed by atoms with Gasteiger partial charge < -0.3 is 4.90 Å². The molecule has 0 saturated carbocycles. The second-order valence-corrected chi connectivity index (χ2v) is 10.3. The maximum atomic E-state index is 14.0. The van der Waals surface area contributed by atoms with Gasteiger partial charge in [0.25, 0.3) is 11.5 Å². The van der Waals surface area contributed by atoms with Crippen molar-refractivity contribution >= 4 is 39.1 Å². The first-order chi connectivity index (χ1) is 18.0. The zero-order valence-electron chi connectivity index (χ0n) is 19.8. The van der Waals surface area contributed by atoms with Crippen LogP contribution in [-0.4, -0.2) is 31.5 Å². The number of rotatable bonds is 4. The highest BCUT2D eigenvalue weighted by atomic mass is 79.9. The molecule has 3 heterocycles. The molecule has 3 aromatic carbocycles. The first-order valence-electron chi connectivity index (χ1n) is 12.0. The number of aromatic nitrogens is 3. The lowest BCUT2D eigenvalue weighted by molar-refractivity contribution is 0.0729. The fraction of sp³-hybridized carbons (Fsp3) is 0.138. The molecule has 0 fully saturated rings. The standard InChI is InChI=1S/C29H22BrClN4O2/c30-24-12-11-20(16-25(24)31)28(36)33-14-13-23-26(18-33)35-27(34(29(23)37)22-9-5-2-6-10-22)21(17-32-35)15-19-7-3-1-4-8-19/h1-12,16-17H,13-15,18H2. The van der Waals surface area contributed by atoms with E-state index < -0.39 is 0 Å². The summed E-state index contributed by atoms with van der Waals surface area (Å²) in [6, 6.07) is 25.0. The molecule has 0 N–H and O–H groups in total. The van der Waals surface area contributed by atoms with Crippen LogP contribution < -0.4 is 5.56 Å². The van der Waals surface area contributed by atoms with E-state index in [0.717, 1.165) is 32.6 Å². The summed E-state index contributed by atoms with van der Waals surface area (Å²) < 4.78 is 4.34. The number of carbonyl (C=O) groups is 1. The van der Waals surface area contributed by atoms with E-state index >= 15 is 0 Å². The van der Waals surface area contributed by atoms with Gasteiger partial charge in [-0.15, -0.1) is 0 Å². The molecule has 0 bridgehead atoms. The number of halogens is 2. The average Bonchev–Trinajstić information content (AvgIpc) is 3.34. The van der Waals surface area contributed by atoms with Gasteiger partial charge in [-0.3, -0.25) is 14.2 Å². The Bertz CT molecular complexity index is 1700. The highest BCUT2D eigenvalue weighted by Crippen LogP contribution is 2.27. The minimum Gasteiger partial charge on any atom is -0.332 e. The van der Waals surface area contributed by atoms with Crippen molar-refractivity contribution in [3.8, 4) is 5.69 Å². The van der Waals surface area contributed by atoms with E-state index in [9.17, 15) is 9.59 Å². The van der Waals surface area contributed by atoms with Gasteiger partial charge in [0.1, 0.15) is 5.65 Å². The van der Waals surface area contributed by atoms with E-state index in [1.54, 1.807) is 27.7 Å². The number of benzene rings is 3. The van der Waals surface area contributed by atoms with Crippen LogP contribution in [0.25, 0.3) is 11.3 Å². The molecule has 6 nitrogen and oxygen atoms in total. The second-order valence-electron chi connectivity index (χ2n) is 9.07. The number of fused-ring (bicyclic) bond motifs is 3. The lowest BCUT2D eigenvalue weighted by atomic mass is 10.0. The smallest absolute Gasteiger partial charge is 0.261 e. The topological polar surface area (TPSA) is 59.6 Å². The summed E-state index contributed by atoms with van der Waals surface area (Å²) in [5.41, 5.74) is 5.46. The molecular weight excluding hydrogens is 552 g/mol. The quantitative estimate of drug-likeness (QED) is 0.278. The second kappa shape index (κ2) is 9.65. The maximum Gasteiger partial charge on any atom is 0.261 e. The largest absolute Gasteiger partial charge is 0.332 e. The van der Waals surface area contributed by atoms with Crippen molar-refractivity contribution in [1.82, 2.24) is 19.1 Å². The molecule has 0 atom stereocenters. The maximum absolute atomic E-state index is 14.0. The Morgan fingerprint density at radius 1 is 1.00 bits per heavy atom. The monoisotopic (exact) mass is 572 g/mol. The molecule has 6 rings (SSSR count). The molecule has 0 saturated heterocycles. The van der Waals surface area contributed by atoms with E-state index in [0.29, 0.717) is 35.5 Å². The predicted octanol–water partition coefficient (Wildman–Crippen LogP) is 5.69. The molecule has 2 aromatic heterocycles. The van der Waals surface area contributed by atoms with E-state index in [2.05, 4.69) is 28.1 Å². The van der Waals surface area contributed by atoms with Gasteiger partial charge in [0.05, 0.1) is 29.1 Å². The molecule has 1 aliphatic rings. The van der Waals surface area contributed by atoms with Crippen molar-refractivity contribution in [2.45, 2.75) is 19.4 Å². The van der Waals surface area contributed by atoms with Crippen LogP contribution in [0.1, 0.15) is 32.7 Å². The molecule has 5 aromatic rings. The van der Waals surface area contributed by atoms with Gasteiger partial charge in [-0.25, -0.2) is 4.52 Å². The Morgan fingerprint density at radius 3 is 2.46 bits per heavy atom. The predicted molar refractivity (Wildman–Crippen MR) is 148 cm³/mol. The Morgan fingerprint density at radius 2 is 1.73 bits per heavy atom. The fourth-order valence-corrected chi connectivity index (χ4v) is 5.38. The van der Waals surface area contributed by atoms with Gasteiger partial charge in [0, 0.05) is 34.1 Å². The summed E-state index contributed by atoms with van der Waals surface area (Å²) in [6.07, 6.45) is 2.91. The number of nitrogens with zero attached hydrogens (tertiary/aromatic N) is 4. The molecule has 1 aliphatic heterocycles. The summed E-state index contributed by atoms with van der Waals surface area (Å²) in [5, 5.41) is 5.22. The van der Waals surface area contributed by atoms with Crippen molar-refractivity contribution in [3.63, 3.8) is 0 Å². The van der Waals surface area contributed by atoms with Crippen molar-refractivity contribution < 1.29 is 4.79 Å². The minimum atomic E-state index is -0.128. The van der Waals surface area contributed by atoms with Crippen LogP contribution in [0.2, 0.25) is 5.02 Å². The Balaban J connectivity index is 1.49. The van der Waals surface area contributed by atoms with Gasteiger partial charge in [-0.2, -0.15) is 5.10 Å². The van der Waals surface area contributed by atoms with Crippen LogP contribution in [0.5, 0.6) is 0 Å². The van der Waals surface area contributed by atoms with Crippen molar-refractivity contribution in [2.75, 3.05) is 6.54 Å². The lowest BCUT2D eigenvalue weighted by Crippen LogP contribution is -2.41. The molecule has 37 heavy (non-hydrogen) atoms. The Hall–Kier alpha value is -3.68. The molecule has 184 valence electrons. The van der Waals surface area contributed by atoms with Crippen LogP contribution >= 0.6 is 27.5 Å². The van der Waals surface area contributed by atoms with Crippen LogP contribution in [0, 0.1) is 0 Å². The Labute approximate surface area is 226 Å². The van der Waals surface area contributed by atoms with Crippen LogP contribution in [0.15, 0.2) is 94.3 Å². The highest BCUT2D eigenvalue weighted by Gasteiger charge is 2.29. The minimum absolute atomic E-state index is 0.0673. The van der Waals surface area contributed by atoms with Gasteiger partial charge in [0.15, 0.2) is 0 Å². The van der Waals surface area contributed by atoms with E-state index in [1.807, 2.05) is 59.2 Å². The molecule has 8 heteroatoms. The summed E-state index contributed by atoms with van der Waals surface area (Å²) in [7, 11) is 0. The molecule has 0 radical (unpaired) electrons. The molecule has 0 spiro atoms. The molecule has 1 amide bonds. The van der Waals surface area contributed by atoms with Crippen LogP contribution in [0.4, 0.5) is 0 Å². The highest BCUT2D eigenvalue weighted by molar-refractivity contribution is 9.10. The van der Waals surface area contributed by atoms with E-state index in [-0.39, 0.29) is 18.0 Å². The average molecular weight is 574 g/mol. The summed E-state index contributed by atoms with van der Waals surface area (Å²) in [4.78, 5) is 29.1. The zero-order valence-corrected chi connectivity index (χ0v) is 22.1. The SMILES string of the molecule is O=C(c1ccc(Br)c(Cl)c1)N1CCc2c(n3ncc(Cc4ccccc4)c3n(-c3ccccc3)c2=O)C1. The van der Waals surface area contributed by atoms with Crippen LogP contribution in [0.3, 0.4) is 0 Å². The molecule has 0 aliphatic carbocycles. The van der Waals surface area contributed by atoms with Crippen molar-refractivity contribution in [3.05, 3.63) is 133 Å². The van der Waals surface area contributed by atoms with E-state index in [4.69, 9.17) is 16.7 Å². The molecular formula is C29H22BrClN4O2. The van der Waals surface area contributed by atoms with E-state index in [1.165, 1.54) is 0 Å². The first-order valence-corrected chi connectivity index (χ1v) is 13.2. The third-order valence-electron chi connectivity index (χ3n) is 6.77. The Kier molecular flexibility index (Phi) is 6.18. The third kappa shape index (κ3) is 4.28. The zero-order chi connectivity index (χ0) is 25.5. The van der Waals surface area contributed by atoms with Gasteiger partial charge in [-0.05, 0) is 58.2 Å². The number of carbonyl (C=O) groups excluding carboxylic acids is 1. The van der Waals surface area contributed by atoms with Crippen molar-refractivity contribution in [2.24, 2.45) is 0 Å².